The van der Waals surface area contributed by atoms with Crippen molar-refractivity contribution in [2.45, 2.75) is 23.9 Å². The Morgan fingerprint density at radius 3 is 2.67 bits per heavy atom. The van der Waals surface area contributed by atoms with Gasteiger partial charge in [0.1, 0.15) is 0 Å². The van der Waals surface area contributed by atoms with E-state index in [9.17, 15) is 0 Å². The van der Waals surface area contributed by atoms with Crippen LogP contribution in [0.25, 0.3) is 0 Å². The smallest absolute Gasteiger partial charge is 0.228 e. The van der Waals surface area contributed by atoms with Gasteiger partial charge in [0.2, 0.25) is 11.2 Å². The van der Waals surface area contributed by atoms with Crippen molar-refractivity contribution in [2.24, 2.45) is 0 Å². The molecule has 0 aliphatic heterocycles. The summed E-state index contributed by atoms with van der Waals surface area (Å²) < 4.78 is 0. The minimum atomic E-state index is 0.196. The van der Waals surface area contributed by atoms with Crippen LogP contribution in [-0.4, -0.2) is 22.0 Å². The maximum absolute atomic E-state index is 5.85. The third-order valence-electron chi connectivity index (χ3n) is 2.36. The Morgan fingerprint density at radius 2 is 1.94 bits per heavy atom. The first kappa shape index (κ1) is 13.1. The van der Waals surface area contributed by atoms with Crippen molar-refractivity contribution in [3.8, 4) is 0 Å². The molecule has 1 aromatic carbocycles. The Balaban J connectivity index is 2.33. The molecular weight excluding hydrogens is 268 g/mol. The molecule has 0 bridgehead atoms. The molecule has 0 aliphatic carbocycles. The van der Waals surface area contributed by atoms with Crippen LogP contribution >= 0.6 is 23.4 Å². The molecule has 6 heteroatoms. The highest BCUT2D eigenvalue weighted by Gasteiger charge is 2.07. The zero-order chi connectivity index (χ0) is 13.1. The summed E-state index contributed by atoms with van der Waals surface area (Å²) in [4.78, 5) is 13.5. The monoisotopic (exact) mass is 280 g/mol. The number of halogens is 1. The third-order valence-corrected chi connectivity index (χ3v) is 3.55. The highest BCUT2D eigenvalue weighted by molar-refractivity contribution is 7.99. The van der Waals surface area contributed by atoms with Crippen molar-refractivity contribution in [2.75, 3.05) is 12.4 Å². The highest BCUT2D eigenvalue weighted by Crippen LogP contribution is 2.29. The lowest BCUT2D eigenvalue weighted by Crippen LogP contribution is -2.00. The van der Waals surface area contributed by atoms with Crippen LogP contribution in [-0.2, 0) is 0 Å². The minimum Gasteiger partial charge on any atom is -0.357 e. The molecular formula is C12H13ClN4S. The van der Waals surface area contributed by atoms with Crippen LogP contribution in [0.3, 0.4) is 0 Å². The van der Waals surface area contributed by atoms with E-state index in [4.69, 9.17) is 11.6 Å². The van der Waals surface area contributed by atoms with E-state index in [-0.39, 0.29) is 5.28 Å². The number of nitrogens with one attached hydrogen (secondary N) is 1. The maximum Gasteiger partial charge on any atom is 0.228 e. The second-order valence-corrected chi connectivity index (χ2v) is 5.18. The zero-order valence-corrected chi connectivity index (χ0v) is 11.9. The quantitative estimate of drug-likeness (QED) is 0.934. The number of nitrogens with zero attached hydrogens (tertiary/aromatic N) is 3. The lowest BCUT2D eigenvalue weighted by molar-refractivity contribution is 0.908. The van der Waals surface area contributed by atoms with Gasteiger partial charge in [-0.2, -0.15) is 15.0 Å². The summed E-state index contributed by atoms with van der Waals surface area (Å²) in [6.07, 6.45) is 0. The molecule has 0 radical (unpaired) electrons. The van der Waals surface area contributed by atoms with Gasteiger partial charge in [0.05, 0.1) is 0 Å². The Morgan fingerprint density at radius 1 is 1.17 bits per heavy atom. The Kier molecular flexibility index (Phi) is 4.04. The zero-order valence-electron chi connectivity index (χ0n) is 10.4. The molecule has 1 heterocycles. The summed E-state index contributed by atoms with van der Waals surface area (Å²) >= 11 is 7.34. The Bertz CT molecular complexity index is 574. The van der Waals surface area contributed by atoms with E-state index in [1.807, 2.05) is 0 Å². The SMILES string of the molecule is CNc1nc(Cl)nc(Sc2cc(C)ccc2C)n1. The van der Waals surface area contributed by atoms with Crippen molar-refractivity contribution < 1.29 is 0 Å². The highest BCUT2D eigenvalue weighted by atomic mass is 35.5. The van der Waals surface area contributed by atoms with Gasteiger partial charge in [0, 0.05) is 11.9 Å². The second kappa shape index (κ2) is 5.54. The van der Waals surface area contributed by atoms with Gasteiger partial charge in [-0.1, -0.05) is 12.1 Å². The van der Waals surface area contributed by atoms with Crippen LogP contribution in [0.1, 0.15) is 11.1 Å². The fraction of sp³-hybridized carbons (Fsp3) is 0.250. The van der Waals surface area contributed by atoms with Crippen LogP contribution in [0.2, 0.25) is 5.28 Å². The van der Waals surface area contributed by atoms with Crippen molar-refractivity contribution in [1.82, 2.24) is 15.0 Å². The van der Waals surface area contributed by atoms with Gasteiger partial charge < -0.3 is 5.32 Å². The standard InChI is InChI=1S/C12H13ClN4S/c1-7-4-5-8(2)9(6-7)18-12-16-10(13)15-11(14-3)17-12/h4-6H,1-3H3,(H,14,15,16,17). The number of benzene rings is 1. The summed E-state index contributed by atoms with van der Waals surface area (Å²) in [5, 5.41) is 3.65. The molecule has 0 atom stereocenters. The van der Waals surface area contributed by atoms with Gasteiger partial charge in [-0.15, -0.1) is 0 Å². The fourth-order valence-electron chi connectivity index (χ4n) is 1.40. The van der Waals surface area contributed by atoms with E-state index in [1.165, 1.54) is 22.9 Å². The van der Waals surface area contributed by atoms with E-state index in [0.29, 0.717) is 11.1 Å². The molecule has 0 fully saturated rings. The molecule has 0 saturated heterocycles. The molecule has 18 heavy (non-hydrogen) atoms. The van der Waals surface area contributed by atoms with Crippen LogP contribution in [0.15, 0.2) is 28.3 Å². The first-order chi connectivity index (χ1) is 8.58. The molecule has 0 saturated carbocycles. The number of hydrogen-bond donors (Lipinski definition) is 1. The molecule has 1 N–H and O–H groups in total. The third kappa shape index (κ3) is 3.11. The lowest BCUT2D eigenvalue weighted by Gasteiger charge is -2.06. The molecule has 2 aromatic rings. The molecule has 0 unspecified atom stereocenters. The topological polar surface area (TPSA) is 50.7 Å². The number of aryl methyl sites for hydroxylation is 2. The van der Waals surface area contributed by atoms with Gasteiger partial charge in [-0.05, 0) is 54.4 Å². The first-order valence-corrected chi connectivity index (χ1v) is 6.62. The van der Waals surface area contributed by atoms with Crippen LogP contribution < -0.4 is 5.32 Å². The number of hydrogen-bond acceptors (Lipinski definition) is 5. The maximum atomic E-state index is 5.85. The second-order valence-electron chi connectivity index (χ2n) is 3.83. The van der Waals surface area contributed by atoms with Crippen molar-refractivity contribution in [1.29, 1.82) is 0 Å². The predicted octanol–water partition coefficient (Wildman–Crippen LogP) is 3.33. The van der Waals surface area contributed by atoms with E-state index < -0.39 is 0 Å². The first-order valence-electron chi connectivity index (χ1n) is 5.43. The Labute approximate surface area is 115 Å². The summed E-state index contributed by atoms with van der Waals surface area (Å²) in [5.41, 5.74) is 2.39. The number of anilines is 1. The van der Waals surface area contributed by atoms with Gasteiger partial charge in [0.15, 0.2) is 5.16 Å². The molecule has 0 amide bonds. The van der Waals surface area contributed by atoms with Crippen LogP contribution in [0.4, 0.5) is 5.95 Å². The van der Waals surface area contributed by atoms with Crippen molar-refractivity contribution >= 4 is 29.3 Å². The van der Waals surface area contributed by atoms with E-state index in [2.05, 4.69) is 52.3 Å². The van der Waals surface area contributed by atoms with Crippen molar-refractivity contribution in [3.63, 3.8) is 0 Å². The number of aromatic nitrogens is 3. The molecule has 94 valence electrons. The molecule has 0 aliphatic rings. The molecule has 2 rings (SSSR count). The van der Waals surface area contributed by atoms with Gasteiger partial charge in [-0.3, -0.25) is 0 Å². The number of rotatable bonds is 3. The molecule has 1 aromatic heterocycles. The molecule has 4 nitrogen and oxygen atoms in total. The summed E-state index contributed by atoms with van der Waals surface area (Å²) in [7, 11) is 1.75. The largest absolute Gasteiger partial charge is 0.357 e. The van der Waals surface area contributed by atoms with Crippen molar-refractivity contribution in [3.05, 3.63) is 34.6 Å². The van der Waals surface area contributed by atoms with Crippen LogP contribution in [0, 0.1) is 13.8 Å². The summed E-state index contributed by atoms with van der Waals surface area (Å²) in [5.74, 6) is 0.475. The van der Waals surface area contributed by atoms with Crippen LogP contribution in [0.5, 0.6) is 0 Å². The van der Waals surface area contributed by atoms with E-state index in [1.54, 1.807) is 7.05 Å². The summed E-state index contributed by atoms with van der Waals surface area (Å²) in [6, 6.07) is 6.27. The minimum absolute atomic E-state index is 0.196. The van der Waals surface area contributed by atoms with E-state index in [0.717, 1.165) is 4.90 Å². The normalized spacial score (nSPS) is 10.4. The predicted molar refractivity (Wildman–Crippen MR) is 74.4 cm³/mol. The van der Waals surface area contributed by atoms with E-state index >= 15 is 0 Å². The van der Waals surface area contributed by atoms with Gasteiger partial charge >= 0.3 is 0 Å². The Hall–Kier alpha value is -1.33. The average Bonchev–Trinajstić information content (AvgIpc) is 2.33. The van der Waals surface area contributed by atoms with Gasteiger partial charge in [-0.25, -0.2) is 0 Å². The average molecular weight is 281 g/mol. The summed E-state index contributed by atoms with van der Waals surface area (Å²) in [6.45, 7) is 4.12. The molecule has 0 spiro atoms. The van der Waals surface area contributed by atoms with Gasteiger partial charge in [0.25, 0.3) is 0 Å². The fourth-order valence-corrected chi connectivity index (χ4v) is 2.55. The lowest BCUT2D eigenvalue weighted by atomic mass is 10.2.